The molecule has 11 heteroatoms. The Kier molecular flexibility index (Phi) is 6.77. The maximum atomic E-state index is 13.7. The molecule has 0 aliphatic carbocycles. The van der Waals surface area contributed by atoms with E-state index in [1.54, 1.807) is 17.5 Å². The average molecular weight is 483 g/mol. The van der Waals surface area contributed by atoms with Crippen molar-refractivity contribution in [3.63, 3.8) is 0 Å². The fourth-order valence-corrected chi connectivity index (χ4v) is 4.29. The van der Waals surface area contributed by atoms with E-state index < -0.39 is 11.9 Å². The molecule has 4 aromatic heterocycles. The Hall–Kier alpha value is -3.55. The molecule has 1 saturated heterocycles. The second-order valence-corrected chi connectivity index (χ2v) is 8.18. The van der Waals surface area contributed by atoms with Gasteiger partial charge < -0.3 is 10.1 Å². The average Bonchev–Trinajstić information content (AvgIpc) is 3.43. The van der Waals surface area contributed by atoms with Crippen LogP contribution in [-0.4, -0.2) is 42.5 Å². The molecular formula is C23H24ClFN8O. The number of hydrogen-bond donors (Lipinski definition) is 1. The monoisotopic (exact) mass is 482 g/mol. The van der Waals surface area contributed by atoms with Crippen molar-refractivity contribution in [3.8, 4) is 23.2 Å². The van der Waals surface area contributed by atoms with Crippen LogP contribution in [-0.2, 0) is 0 Å². The number of nitrogens with zero attached hydrogens (tertiary/aromatic N) is 7. The van der Waals surface area contributed by atoms with Gasteiger partial charge in [-0.2, -0.15) is 5.26 Å². The lowest BCUT2D eigenvalue weighted by molar-refractivity contribution is 0.213. The Morgan fingerprint density at radius 1 is 1.21 bits per heavy atom. The van der Waals surface area contributed by atoms with E-state index in [0.29, 0.717) is 28.8 Å². The van der Waals surface area contributed by atoms with Crippen LogP contribution < -0.4 is 10.1 Å². The van der Waals surface area contributed by atoms with Crippen molar-refractivity contribution in [2.75, 3.05) is 13.1 Å². The molecule has 34 heavy (non-hydrogen) atoms. The maximum Gasteiger partial charge on any atom is 0.201 e. The summed E-state index contributed by atoms with van der Waals surface area (Å²) in [6.07, 6.45) is 5.70. The van der Waals surface area contributed by atoms with Crippen LogP contribution in [0.25, 0.3) is 16.9 Å². The number of aromatic nitrogens is 6. The molecule has 4 aromatic rings. The fraction of sp³-hybridized carbons (Fsp3) is 0.348. The zero-order chi connectivity index (χ0) is 22.9. The minimum Gasteiger partial charge on any atom is -0.471 e. The van der Waals surface area contributed by atoms with Gasteiger partial charge in [-0.05, 0) is 51.9 Å². The van der Waals surface area contributed by atoms with E-state index in [4.69, 9.17) is 4.74 Å². The van der Waals surface area contributed by atoms with Gasteiger partial charge in [-0.25, -0.2) is 14.1 Å². The van der Waals surface area contributed by atoms with Crippen LogP contribution >= 0.6 is 12.4 Å². The molecule has 0 aromatic carbocycles. The molecule has 9 nitrogen and oxygen atoms in total. The van der Waals surface area contributed by atoms with Crippen LogP contribution in [0.3, 0.4) is 0 Å². The van der Waals surface area contributed by atoms with Gasteiger partial charge in [0, 0.05) is 23.4 Å². The van der Waals surface area contributed by atoms with Crippen molar-refractivity contribution in [1.82, 2.24) is 34.7 Å². The van der Waals surface area contributed by atoms with E-state index in [2.05, 4.69) is 31.7 Å². The van der Waals surface area contributed by atoms with Gasteiger partial charge >= 0.3 is 0 Å². The first kappa shape index (κ1) is 23.6. The lowest BCUT2D eigenvalue weighted by atomic mass is 10.1. The number of halogens is 2. The van der Waals surface area contributed by atoms with Gasteiger partial charge in [0.15, 0.2) is 0 Å². The van der Waals surface area contributed by atoms with E-state index in [0.717, 1.165) is 49.1 Å². The minimum absolute atomic E-state index is 0. The third kappa shape index (κ3) is 4.32. The number of imidazole rings is 1. The summed E-state index contributed by atoms with van der Waals surface area (Å²) in [6, 6.07) is 7.52. The first-order valence-electron chi connectivity index (χ1n) is 10.9. The number of hydrogen-bond acceptors (Lipinski definition) is 7. The third-order valence-electron chi connectivity index (χ3n) is 6.04. The Bertz CT molecular complexity index is 1360. The Balaban J connectivity index is 0.00000274. The molecule has 5 rings (SSSR count). The summed E-state index contributed by atoms with van der Waals surface area (Å²) in [7, 11) is 0. The van der Waals surface area contributed by atoms with Crippen molar-refractivity contribution in [2.45, 2.75) is 38.8 Å². The standard InChI is InChI=1S/C23H23FN8O.ClH/c1-14-23(29-30-32(14)19-3-5-26-6-4-19)16-8-21-28-13-20(10-25)31(21)22(9-16)33-15(2)17-7-18(24)12-27-11-17;/h7-9,11-13,15,19,26H,3-6H2,1-2H3;1H. The van der Waals surface area contributed by atoms with E-state index in [1.807, 2.05) is 23.7 Å². The fourth-order valence-electron chi connectivity index (χ4n) is 4.29. The van der Waals surface area contributed by atoms with Crippen LogP contribution in [0, 0.1) is 24.1 Å². The van der Waals surface area contributed by atoms with Crippen LogP contribution in [0.2, 0.25) is 0 Å². The van der Waals surface area contributed by atoms with Gasteiger partial charge in [-0.15, -0.1) is 17.5 Å². The molecule has 0 spiro atoms. The number of nitriles is 1. The number of piperidine rings is 1. The quantitative estimate of drug-likeness (QED) is 0.461. The molecule has 1 N–H and O–H groups in total. The molecule has 1 aliphatic heterocycles. The van der Waals surface area contributed by atoms with Crippen LogP contribution in [0.15, 0.2) is 36.8 Å². The summed E-state index contributed by atoms with van der Waals surface area (Å²) in [5, 5.41) is 21.8. The molecule has 1 unspecified atom stereocenters. The van der Waals surface area contributed by atoms with Crippen molar-refractivity contribution < 1.29 is 9.13 Å². The third-order valence-corrected chi connectivity index (χ3v) is 6.04. The normalized spacial score (nSPS) is 15.0. The molecule has 0 radical (unpaired) electrons. The number of fused-ring (bicyclic) bond motifs is 1. The summed E-state index contributed by atoms with van der Waals surface area (Å²) in [6.45, 7) is 5.73. The molecule has 1 atom stereocenters. The van der Waals surface area contributed by atoms with Crippen LogP contribution in [0.4, 0.5) is 4.39 Å². The van der Waals surface area contributed by atoms with Gasteiger partial charge in [-0.1, -0.05) is 5.21 Å². The summed E-state index contributed by atoms with van der Waals surface area (Å²) in [5.41, 5.74) is 3.97. The molecular weight excluding hydrogens is 459 g/mol. The number of rotatable bonds is 5. The van der Waals surface area contributed by atoms with Gasteiger partial charge in [0.2, 0.25) is 5.88 Å². The molecule has 1 fully saturated rings. The Labute approximate surface area is 202 Å². The molecule has 0 bridgehead atoms. The second-order valence-electron chi connectivity index (χ2n) is 8.18. The zero-order valence-electron chi connectivity index (χ0n) is 18.8. The highest BCUT2D eigenvalue weighted by molar-refractivity contribution is 5.85. The summed E-state index contributed by atoms with van der Waals surface area (Å²) >= 11 is 0. The minimum atomic E-state index is -0.507. The Morgan fingerprint density at radius 3 is 2.74 bits per heavy atom. The van der Waals surface area contributed by atoms with Crippen molar-refractivity contribution in [1.29, 1.82) is 5.26 Å². The predicted octanol–water partition coefficient (Wildman–Crippen LogP) is 3.79. The van der Waals surface area contributed by atoms with Crippen LogP contribution in [0.1, 0.15) is 48.9 Å². The molecule has 176 valence electrons. The van der Waals surface area contributed by atoms with Gasteiger partial charge in [-0.3, -0.25) is 9.38 Å². The van der Waals surface area contributed by atoms with Crippen molar-refractivity contribution >= 4 is 18.1 Å². The zero-order valence-corrected chi connectivity index (χ0v) is 19.6. The van der Waals surface area contributed by atoms with Crippen LogP contribution in [0.5, 0.6) is 5.88 Å². The summed E-state index contributed by atoms with van der Waals surface area (Å²) in [4.78, 5) is 8.29. The highest BCUT2D eigenvalue weighted by Gasteiger charge is 2.22. The predicted molar refractivity (Wildman–Crippen MR) is 125 cm³/mol. The summed E-state index contributed by atoms with van der Waals surface area (Å²) < 4.78 is 23.5. The topological polar surface area (TPSA) is 106 Å². The highest BCUT2D eigenvalue weighted by Crippen LogP contribution is 2.32. The maximum absolute atomic E-state index is 13.7. The second kappa shape index (κ2) is 9.75. The first-order valence-corrected chi connectivity index (χ1v) is 10.9. The number of pyridine rings is 2. The smallest absolute Gasteiger partial charge is 0.201 e. The van der Waals surface area contributed by atoms with Crippen molar-refractivity contribution in [3.05, 3.63) is 59.6 Å². The SMILES string of the molecule is Cc1c(-c2cc(OC(C)c3cncc(F)c3)n3c(C#N)cnc3c2)nnn1C1CCNCC1.Cl. The molecule has 0 amide bonds. The number of ether oxygens (including phenoxy) is 1. The van der Waals surface area contributed by atoms with Gasteiger partial charge in [0.1, 0.15) is 35.0 Å². The summed E-state index contributed by atoms with van der Waals surface area (Å²) in [5.74, 6) is -0.0310. The highest BCUT2D eigenvalue weighted by atomic mass is 35.5. The van der Waals surface area contributed by atoms with E-state index in [-0.39, 0.29) is 12.4 Å². The molecule has 0 saturated carbocycles. The molecule has 5 heterocycles. The van der Waals surface area contributed by atoms with E-state index in [9.17, 15) is 9.65 Å². The largest absolute Gasteiger partial charge is 0.471 e. The Morgan fingerprint density at radius 2 is 2.00 bits per heavy atom. The lowest BCUT2D eigenvalue weighted by Gasteiger charge is -2.23. The molecule has 1 aliphatic rings. The van der Waals surface area contributed by atoms with Gasteiger partial charge in [0.05, 0.1) is 24.1 Å². The van der Waals surface area contributed by atoms with E-state index in [1.165, 1.54) is 12.3 Å². The van der Waals surface area contributed by atoms with Crippen molar-refractivity contribution in [2.24, 2.45) is 0 Å². The van der Waals surface area contributed by atoms with E-state index >= 15 is 0 Å². The number of nitrogens with one attached hydrogen (secondary N) is 1. The first-order chi connectivity index (χ1) is 16.0. The van der Waals surface area contributed by atoms with Gasteiger partial charge in [0.25, 0.3) is 0 Å². The lowest BCUT2D eigenvalue weighted by Crippen LogP contribution is -2.30.